The van der Waals surface area contributed by atoms with Crippen molar-refractivity contribution in [1.29, 1.82) is 0 Å². The van der Waals surface area contributed by atoms with E-state index < -0.39 is 17.9 Å². The number of carboxylic acid groups (broad SMARTS) is 1. The number of hydrogen-bond acceptors (Lipinski definition) is 3. The first kappa shape index (κ1) is 18.5. The van der Waals surface area contributed by atoms with Gasteiger partial charge in [-0.15, -0.1) is 0 Å². The molecule has 0 aliphatic carbocycles. The van der Waals surface area contributed by atoms with Gasteiger partial charge in [0.25, 0.3) is 5.91 Å². The van der Waals surface area contributed by atoms with Crippen molar-refractivity contribution in [3.05, 3.63) is 65.7 Å². The first-order valence-corrected chi connectivity index (χ1v) is 8.24. The second-order valence-electron chi connectivity index (χ2n) is 6.16. The summed E-state index contributed by atoms with van der Waals surface area (Å²) in [7, 11) is 0. The van der Waals surface area contributed by atoms with E-state index in [-0.39, 0.29) is 13.0 Å². The Balaban J connectivity index is 1.87. The van der Waals surface area contributed by atoms with E-state index in [4.69, 9.17) is 4.74 Å². The van der Waals surface area contributed by atoms with Crippen molar-refractivity contribution in [1.82, 2.24) is 5.32 Å². The van der Waals surface area contributed by atoms with Crippen LogP contribution in [0.4, 0.5) is 0 Å². The van der Waals surface area contributed by atoms with Gasteiger partial charge < -0.3 is 15.2 Å². The number of rotatable bonds is 8. The average molecular weight is 341 g/mol. The number of amides is 1. The van der Waals surface area contributed by atoms with Crippen molar-refractivity contribution in [2.75, 3.05) is 6.61 Å². The number of hydrogen-bond donors (Lipinski definition) is 2. The Hall–Kier alpha value is -2.82. The molecule has 2 aromatic carbocycles. The van der Waals surface area contributed by atoms with Crippen molar-refractivity contribution in [2.24, 2.45) is 0 Å². The summed E-state index contributed by atoms with van der Waals surface area (Å²) in [6.45, 7) is 3.98. The topological polar surface area (TPSA) is 75.6 Å². The monoisotopic (exact) mass is 341 g/mol. The second kappa shape index (κ2) is 8.87. The van der Waals surface area contributed by atoms with E-state index in [2.05, 4.69) is 19.2 Å². The van der Waals surface area contributed by atoms with Crippen molar-refractivity contribution in [2.45, 2.75) is 32.2 Å². The van der Waals surface area contributed by atoms with Crippen LogP contribution in [0.5, 0.6) is 5.75 Å². The third-order valence-electron chi connectivity index (χ3n) is 3.83. The van der Waals surface area contributed by atoms with Gasteiger partial charge in [0.15, 0.2) is 6.61 Å². The Labute approximate surface area is 147 Å². The average Bonchev–Trinajstić information content (AvgIpc) is 2.60. The second-order valence-corrected chi connectivity index (χ2v) is 6.16. The van der Waals surface area contributed by atoms with Crippen LogP contribution in [0.25, 0.3) is 0 Å². The molecule has 1 unspecified atom stereocenters. The highest BCUT2D eigenvalue weighted by Gasteiger charge is 2.20. The standard InChI is InChI=1S/C20H23NO4/c1-14(2)16-8-10-17(11-9-16)25-13-19(22)21-18(20(23)24)12-15-6-4-3-5-7-15/h3-11,14,18H,12-13H2,1-2H3,(H,21,22)(H,23,24). The molecule has 5 heteroatoms. The van der Waals surface area contributed by atoms with E-state index in [1.54, 1.807) is 12.1 Å². The summed E-state index contributed by atoms with van der Waals surface area (Å²) in [5.74, 6) is -0.532. The molecule has 0 aliphatic heterocycles. The molecule has 0 heterocycles. The quantitative estimate of drug-likeness (QED) is 0.774. The zero-order chi connectivity index (χ0) is 18.2. The molecule has 2 aromatic rings. The van der Waals surface area contributed by atoms with Gasteiger partial charge in [-0.1, -0.05) is 56.3 Å². The summed E-state index contributed by atoms with van der Waals surface area (Å²) in [6.07, 6.45) is 0.227. The highest BCUT2D eigenvalue weighted by Crippen LogP contribution is 2.18. The Kier molecular flexibility index (Phi) is 6.57. The van der Waals surface area contributed by atoms with E-state index in [1.807, 2.05) is 42.5 Å². The van der Waals surface area contributed by atoms with Gasteiger partial charge in [-0.25, -0.2) is 4.79 Å². The van der Waals surface area contributed by atoms with E-state index >= 15 is 0 Å². The summed E-state index contributed by atoms with van der Waals surface area (Å²) in [4.78, 5) is 23.4. The predicted octanol–water partition coefficient (Wildman–Crippen LogP) is 3.00. The van der Waals surface area contributed by atoms with Crippen LogP contribution in [-0.4, -0.2) is 29.6 Å². The molecule has 0 aliphatic rings. The Morgan fingerprint density at radius 1 is 1.04 bits per heavy atom. The highest BCUT2D eigenvalue weighted by atomic mass is 16.5. The number of carboxylic acids is 1. The smallest absolute Gasteiger partial charge is 0.326 e. The highest BCUT2D eigenvalue weighted by molar-refractivity contribution is 5.84. The van der Waals surface area contributed by atoms with Crippen molar-refractivity contribution >= 4 is 11.9 Å². The SMILES string of the molecule is CC(C)c1ccc(OCC(=O)NC(Cc2ccccc2)C(=O)O)cc1. The zero-order valence-corrected chi connectivity index (χ0v) is 14.4. The molecule has 0 saturated carbocycles. The number of carbonyl (C=O) groups is 2. The molecule has 1 amide bonds. The van der Waals surface area contributed by atoms with E-state index in [0.717, 1.165) is 5.56 Å². The lowest BCUT2D eigenvalue weighted by Gasteiger charge is -2.15. The summed E-state index contributed by atoms with van der Waals surface area (Å²) in [5, 5.41) is 11.8. The molecule has 132 valence electrons. The van der Waals surface area contributed by atoms with Crippen LogP contribution < -0.4 is 10.1 Å². The van der Waals surface area contributed by atoms with Crippen LogP contribution in [0.2, 0.25) is 0 Å². The van der Waals surface area contributed by atoms with Crippen LogP contribution in [0, 0.1) is 0 Å². The molecule has 25 heavy (non-hydrogen) atoms. The van der Waals surface area contributed by atoms with Gasteiger partial charge in [0.05, 0.1) is 0 Å². The maximum absolute atomic E-state index is 12.0. The van der Waals surface area contributed by atoms with Gasteiger partial charge in [-0.2, -0.15) is 0 Å². The first-order chi connectivity index (χ1) is 12.0. The normalized spacial score (nSPS) is 11.8. The number of carbonyl (C=O) groups excluding carboxylic acids is 1. The third kappa shape index (κ3) is 5.95. The van der Waals surface area contributed by atoms with Crippen molar-refractivity contribution in [3.63, 3.8) is 0 Å². The van der Waals surface area contributed by atoms with Gasteiger partial charge in [0, 0.05) is 6.42 Å². The lowest BCUT2D eigenvalue weighted by Crippen LogP contribution is -2.44. The van der Waals surface area contributed by atoms with Crippen LogP contribution in [-0.2, 0) is 16.0 Å². The molecular weight excluding hydrogens is 318 g/mol. The molecule has 0 radical (unpaired) electrons. The number of nitrogens with one attached hydrogen (secondary N) is 1. The molecular formula is C20H23NO4. The fraction of sp³-hybridized carbons (Fsp3) is 0.300. The fourth-order valence-electron chi connectivity index (χ4n) is 2.38. The largest absolute Gasteiger partial charge is 0.484 e. The Morgan fingerprint density at radius 2 is 1.68 bits per heavy atom. The van der Waals surface area contributed by atoms with Gasteiger partial charge in [-0.3, -0.25) is 4.79 Å². The van der Waals surface area contributed by atoms with Gasteiger partial charge in [0.1, 0.15) is 11.8 Å². The van der Waals surface area contributed by atoms with Crippen LogP contribution in [0.1, 0.15) is 30.9 Å². The number of ether oxygens (including phenoxy) is 1. The summed E-state index contributed by atoms with van der Waals surface area (Å²) in [6, 6.07) is 15.7. The number of benzene rings is 2. The molecule has 2 rings (SSSR count). The van der Waals surface area contributed by atoms with E-state index in [9.17, 15) is 14.7 Å². The van der Waals surface area contributed by atoms with Gasteiger partial charge >= 0.3 is 5.97 Å². The minimum absolute atomic E-state index is 0.223. The van der Waals surface area contributed by atoms with E-state index in [1.165, 1.54) is 5.56 Å². The van der Waals surface area contributed by atoms with Crippen LogP contribution in [0.15, 0.2) is 54.6 Å². The summed E-state index contributed by atoms with van der Waals surface area (Å²) >= 11 is 0. The van der Waals surface area contributed by atoms with Gasteiger partial charge in [-0.05, 0) is 29.2 Å². The maximum Gasteiger partial charge on any atom is 0.326 e. The van der Waals surface area contributed by atoms with Gasteiger partial charge in [0.2, 0.25) is 0 Å². The molecule has 5 nitrogen and oxygen atoms in total. The minimum atomic E-state index is -1.07. The molecule has 0 fully saturated rings. The van der Waals surface area contributed by atoms with Crippen LogP contribution in [0.3, 0.4) is 0 Å². The van der Waals surface area contributed by atoms with Crippen LogP contribution >= 0.6 is 0 Å². The lowest BCUT2D eigenvalue weighted by atomic mass is 10.0. The molecule has 0 spiro atoms. The predicted molar refractivity (Wildman–Crippen MR) is 95.7 cm³/mol. The summed E-state index contributed by atoms with van der Waals surface area (Å²) in [5.41, 5.74) is 2.03. The fourth-order valence-corrected chi connectivity index (χ4v) is 2.38. The molecule has 0 aromatic heterocycles. The summed E-state index contributed by atoms with van der Waals surface area (Å²) < 4.78 is 5.43. The molecule has 0 bridgehead atoms. The third-order valence-corrected chi connectivity index (χ3v) is 3.83. The molecule has 2 N–H and O–H groups in total. The maximum atomic E-state index is 12.0. The van der Waals surface area contributed by atoms with Crippen molar-refractivity contribution < 1.29 is 19.4 Å². The van der Waals surface area contributed by atoms with Crippen molar-refractivity contribution in [3.8, 4) is 5.75 Å². The molecule has 1 atom stereocenters. The molecule has 0 saturated heterocycles. The minimum Gasteiger partial charge on any atom is -0.484 e. The number of aliphatic carboxylic acids is 1. The Morgan fingerprint density at radius 3 is 2.24 bits per heavy atom. The Bertz CT molecular complexity index is 695. The lowest BCUT2D eigenvalue weighted by molar-refractivity contribution is -0.142. The first-order valence-electron chi connectivity index (χ1n) is 8.24. The zero-order valence-electron chi connectivity index (χ0n) is 14.4. The van der Waals surface area contributed by atoms with E-state index in [0.29, 0.717) is 11.7 Å².